The van der Waals surface area contributed by atoms with Gasteiger partial charge in [0.15, 0.2) is 0 Å². The first-order valence-electron chi connectivity index (χ1n) is 8.82. The van der Waals surface area contributed by atoms with E-state index in [9.17, 15) is 0 Å². The second-order valence-electron chi connectivity index (χ2n) is 8.30. The summed E-state index contributed by atoms with van der Waals surface area (Å²) in [6, 6.07) is 11.4. The Hall–Kier alpha value is -0.820. The minimum absolute atomic E-state index is 0.281. The zero-order valence-electron chi connectivity index (χ0n) is 14.1. The maximum absolute atomic E-state index is 2.84. The van der Waals surface area contributed by atoms with Gasteiger partial charge in [-0.2, -0.15) is 0 Å². The molecule has 1 heteroatoms. The molecule has 21 heavy (non-hydrogen) atoms. The number of piperidine rings is 1. The zero-order chi connectivity index (χ0) is 14.9. The first-order chi connectivity index (χ1) is 10.0. The van der Waals surface area contributed by atoms with Crippen LogP contribution in [-0.2, 0) is 5.54 Å². The highest BCUT2D eigenvalue weighted by atomic mass is 15.2. The number of benzene rings is 1. The Bertz CT molecular complexity index is 458. The predicted molar refractivity (Wildman–Crippen MR) is 90.3 cm³/mol. The Balaban J connectivity index is 2.01. The molecule has 3 rings (SSSR count). The molecule has 0 radical (unpaired) electrons. The molecule has 1 saturated carbocycles. The van der Waals surface area contributed by atoms with Crippen LogP contribution in [0.15, 0.2) is 30.3 Å². The minimum atomic E-state index is 0.281. The molecule has 1 saturated heterocycles. The Morgan fingerprint density at radius 1 is 0.952 bits per heavy atom. The van der Waals surface area contributed by atoms with Crippen LogP contribution in [0.4, 0.5) is 0 Å². The normalized spacial score (nSPS) is 33.8. The van der Waals surface area contributed by atoms with Gasteiger partial charge in [0.1, 0.15) is 0 Å². The summed E-state index contributed by atoms with van der Waals surface area (Å²) in [4.78, 5) is 2.84. The van der Waals surface area contributed by atoms with Gasteiger partial charge in [0, 0.05) is 5.54 Å². The van der Waals surface area contributed by atoms with Crippen LogP contribution in [0.5, 0.6) is 0 Å². The average molecular weight is 285 g/mol. The van der Waals surface area contributed by atoms with Crippen molar-refractivity contribution in [3.63, 3.8) is 0 Å². The maximum atomic E-state index is 2.84. The molecule has 1 aliphatic heterocycles. The van der Waals surface area contributed by atoms with Gasteiger partial charge in [0.25, 0.3) is 0 Å². The molecular formula is C20H31N. The first kappa shape index (κ1) is 15.1. The second-order valence-corrected chi connectivity index (χ2v) is 8.30. The molecule has 1 nitrogen and oxygen atoms in total. The summed E-state index contributed by atoms with van der Waals surface area (Å²) < 4.78 is 0. The molecule has 2 aliphatic rings. The molecule has 0 unspecified atom stereocenters. The fraction of sp³-hybridized carbons (Fsp3) is 0.700. The maximum Gasteiger partial charge on any atom is 0.0468 e. The van der Waals surface area contributed by atoms with E-state index in [1.54, 1.807) is 5.56 Å². The molecule has 2 fully saturated rings. The van der Waals surface area contributed by atoms with E-state index in [0.717, 1.165) is 5.92 Å². The molecule has 0 amide bonds. The Labute approximate surface area is 130 Å². The summed E-state index contributed by atoms with van der Waals surface area (Å²) in [6.45, 7) is 9.99. The smallest absolute Gasteiger partial charge is 0.0468 e. The van der Waals surface area contributed by atoms with Crippen molar-refractivity contribution < 1.29 is 0 Å². The van der Waals surface area contributed by atoms with E-state index in [1.165, 1.54) is 51.6 Å². The van der Waals surface area contributed by atoms with Gasteiger partial charge < -0.3 is 0 Å². The second kappa shape index (κ2) is 5.76. The van der Waals surface area contributed by atoms with Gasteiger partial charge in [0.2, 0.25) is 0 Å². The molecule has 0 N–H and O–H groups in total. The van der Waals surface area contributed by atoms with Crippen molar-refractivity contribution in [1.82, 2.24) is 4.90 Å². The van der Waals surface area contributed by atoms with E-state index in [4.69, 9.17) is 0 Å². The van der Waals surface area contributed by atoms with E-state index in [-0.39, 0.29) is 5.54 Å². The van der Waals surface area contributed by atoms with Crippen LogP contribution < -0.4 is 0 Å². The van der Waals surface area contributed by atoms with Crippen molar-refractivity contribution in [2.75, 3.05) is 13.1 Å². The lowest BCUT2D eigenvalue weighted by Gasteiger charge is -2.54. The van der Waals surface area contributed by atoms with Crippen LogP contribution in [0.1, 0.15) is 64.9 Å². The van der Waals surface area contributed by atoms with E-state index >= 15 is 0 Å². The van der Waals surface area contributed by atoms with Gasteiger partial charge in [-0.25, -0.2) is 0 Å². The first-order valence-corrected chi connectivity index (χ1v) is 8.82. The van der Waals surface area contributed by atoms with Crippen molar-refractivity contribution >= 4 is 0 Å². The SMILES string of the molecule is C[C@@H]1CC(C)(C)C[C@@](c2ccccc2)(N2CCCCC2)C1. The fourth-order valence-electron chi connectivity index (χ4n) is 5.24. The third-order valence-electron chi connectivity index (χ3n) is 5.63. The summed E-state index contributed by atoms with van der Waals surface area (Å²) >= 11 is 0. The standard InChI is InChI=1S/C20H31N/c1-17-14-19(2,3)16-20(15-17,18-10-6-4-7-11-18)21-12-8-5-9-13-21/h4,6-7,10-11,17H,5,8-9,12-16H2,1-3H3/t17-,20+/m1/s1. The molecule has 1 heterocycles. The highest BCUT2D eigenvalue weighted by molar-refractivity contribution is 5.27. The van der Waals surface area contributed by atoms with E-state index in [2.05, 4.69) is 56.0 Å². The summed E-state index contributed by atoms with van der Waals surface area (Å²) in [5.41, 5.74) is 2.29. The quantitative estimate of drug-likeness (QED) is 0.720. The Kier molecular flexibility index (Phi) is 4.14. The third kappa shape index (κ3) is 3.04. The molecule has 116 valence electrons. The number of likely N-dealkylation sites (tertiary alicyclic amines) is 1. The van der Waals surface area contributed by atoms with Gasteiger partial charge in [0.05, 0.1) is 0 Å². The summed E-state index contributed by atoms with van der Waals surface area (Å²) in [5.74, 6) is 0.816. The number of hydrogen-bond donors (Lipinski definition) is 0. The third-order valence-corrected chi connectivity index (χ3v) is 5.63. The van der Waals surface area contributed by atoms with Crippen LogP contribution in [0.25, 0.3) is 0 Å². The van der Waals surface area contributed by atoms with Crippen LogP contribution >= 0.6 is 0 Å². The Morgan fingerprint density at radius 2 is 1.62 bits per heavy atom. The van der Waals surface area contributed by atoms with Gasteiger partial charge in [-0.1, -0.05) is 57.5 Å². The zero-order valence-corrected chi connectivity index (χ0v) is 14.1. The summed E-state index contributed by atoms with van der Waals surface area (Å²) in [6.07, 6.45) is 8.19. The van der Waals surface area contributed by atoms with Crippen molar-refractivity contribution in [1.29, 1.82) is 0 Å². The van der Waals surface area contributed by atoms with Gasteiger partial charge >= 0.3 is 0 Å². The highest BCUT2D eigenvalue weighted by Crippen LogP contribution is 2.52. The molecule has 1 aromatic carbocycles. The number of hydrogen-bond acceptors (Lipinski definition) is 1. The van der Waals surface area contributed by atoms with Crippen LogP contribution in [-0.4, -0.2) is 18.0 Å². The molecular weight excluding hydrogens is 254 g/mol. The molecule has 0 aromatic heterocycles. The molecule has 2 atom stereocenters. The minimum Gasteiger partial charge on any atom is -0.294 e. The number of rotatable bonds is 2. The highest BCUT2D eigenvalue weighted by Gasteiger charge is 2.47. The lowest BCUT2D eigenvalue weighted by Crippen LogP contribution is -2.54. The topological polar surface area (TPSA) is 3.24 Å². The van der Waals surface area contributed by atoms with E-state index in [0.29, 0.717) is 5.41 Å². The lowest BCUT2D eigenvalue weighted by molar-refractivity contribution is -0.0314. The largest absolute Gasteiger partial charge is 0.294 e. The van der Waals surface area contributed by atoms with Gasteiger partial charge in [-0.15, -0.1) is 0 Å². The van der Waals surface area contributed by atoms with Crippen molar-refractivity contribution in [2.45, 2.75) is 64.8 Å². The van der Waals surface area contributed by atoms with Crippen molar-refractivity contribution in [2.24, 2.45) is 11.3 Å². The molecule has 0 spiro atoms. The van der Waals surface area contributed by atoms with Gasteiger partial charge in [-0.05, 0) is 62.1 Å². The van der Waals surface area contributed by atoms with E-state index in [1.807, 2.05) is 0 Å². The van der Waals surface area contributed by atoms with Crippen LogP contribution in [0.2, 0.25) is 0 Å². The lowest BCUT2D eigenvalue weighted by atomic mass is 9.61. The van der Waals surface area contributed by atoms with Crippen molar-refractivity contribution in [3.05, 3.63) is 35.9 Å². The van der Waals surface area contributed by atoms with Gasteiger partial charge in [-0.3, -0.25) is 4.90 Å². The fourth-order valence-corrected chi connectivity index (χ4v) is 5.24. The summed E-state index contributed by atoms with van der Waals surface area (Å²) in [5, 5.41) is 0. The summed E-state index contributed by atoms with van der Waals surface area (Å²) in [7, 11) is 0. The molecule has 1 aromatic rings. The molecule has 0 bridgehead atoms. The van der Waals surface area contributed by atoms with Crippen molar-refractivity contribution in [3.8, 4) is 0 Å². The molecule has 1 aliphatic carbocycles. The Morgan fingerprint density at radius 3 is 2.24 bits per heavy atom. The van der Waals surface area contributed by atoms with Crippen LogP contribution in [0, 0.1) is 11.3 Å². The predicted octanol–water partition coefficient (Wildman–Crippen LogP) is 5.21. The average Bonchev–Trinajstić information content (AvgIpc) is 2.47. The van der Waals surface area contributed by atoms with Crippen LogP contribution in [0.3, 0.4) is 0 Å². The monoisotopic (exact) mass is 285 g/mol. The number of nitrogens with zero attached hydrogens (tertiary/aromatic N) is 1. The van der Waals surface area contributed by atoms with E-state index < -0.39 is 0 Å².